The summed E-state index contributed by atoms with van der Waals surface area (Å²) in [4.78, 5) is 0. The van der Waals surface area contributed by atoms with Gasteiger partial charge in [-0.15, -0.1) is 0 Å². The molecule has 6 nitrogen and oxygen atoms in total. The minimum atomic E-state index is -0.269. The molecule has 0 fully saturated rings. The lowest BCUT2D eigenvalue weighted by Crippen LogP contribution is -2.20. The van der Waals surface area contributed by atoms with E-state index in [1.165, 1.54) is 12.1 Å². The van der Waals surface area contributed by atoms with Crippen molar-refractivity contribution in [3.8, 4) is 0 Å². The molecular formula is C21H16Br2ClFN6S. The quantitative estimate of drug-likeness (QED) is 0.255. The maximum atomic E-state index is 13.1. The van der Waals surface area contributed by atoms with Gasteiger partial charge >= 0.3 is 0 Å². The number of hydrogen-bond acceptors (Lipinski definition) is 3. The third-order valence-electron chi connectivity index (χ3n) is 4.45. The lowest BCUT2D eigenvalue weighted by molar-refractivity contribution is 0.624. The van der Waals surface area contributed by atoms with Crippen molar-refractivity contribution >= 4 is 72.4 Å². The molecule has 0 saturated carbocycles. The number of aromatic nitrogens is 4. The normalized spacial score (nSPS) is 10.9. The zero-order valence-corrected chi connectivity index (χ0v) is 21.1. The Morgan fingerprint density at radius 1 is 0.906 bits per heavy atom. The van der Waals surface area contributed by atoms with Crippen LogP contribution in [-0.4, -0.2) is 24.7 Å². The van der Waals surface area contributed by atoms with Crippen LogP contribution >= 0.6 is 55.7 Å². The van der Waals surface area contributed by atoms with Crippen LogP contribution in [0.2, 0.25) is 5.02 Å². The van der Waals surface area contributed by atoms with Crippen molar-refractivity contribution in [1.82, 2.24) is 19.6 Å². The summed E-state index contributed by atoms with van der Waals surface area (Å²) in [6.07, 6.45) is 3.67. The molecule has 0 atom stereocenters. The lowest BCUT2D eigenvalue weighted by Gasteiger charge is -2.07. The van der Waals surface area contributed by atoms with E-state index in [2.05, 4.69) is 52.7 Å². The van der Waals surface area contributed by atoms with Crippen LogP contribution < -0.4 is 10.6 Å². The van der Waals surface area contributed by atoms with Crippen LogP contribution in [0, 0.1) is 5.82 Å². The van der Waals surface area contributed by atoms with Crippen molar-refractivity contribution in [1.29, 1.82) is 0 Å². The first-order valence-electron chi connectivity index (χ1n) is 9.39. The fourth-order valence-corrected chi connectivity index (χ4v) is 4.17. The van der Waals surface area contributed by atoms with Crippen molar-refractivity contribution < 1.29 is 4.39 Å². The Bertz CT molecular complexity index is 1260. The molecular weight excluding hydrogens is 583 g/mol. The number of rotatable bonds is 6. The molecule has 0 spiro atoms. The maximum Gasteiger partial charge on any atom is 0.177 e. The van der Waals surface area contributed by atoms with Gasteiger partial charge in [-0.2, -0.15) is 10.2 Å². The first-order valence-corrected chi connectivity index (χ1v) is 11.8. The standard InChI is InChI=1S/C21H16Br2ClFN6S/c22-16-11-30(9-13-5-7-15(25)8-6-13)28-19(16)26-21(32)27-20-17(23)12-31(29-20)10-14-3-1-2-4-18(14)24/h1-8,11-12H,9-10H2,(H2,26,27,28,29,32). The molecule has 0 aliphatic rings. The molecule has 32 heavy (non-hydrogen) atoms. The Balaban J connectivity index is 1.40. The molecule has 0 aliphatic carbocycles. The Labute approximate surface area is 211 Å². The van der Waals surface area contributed by atoms with E-state index >= 15 is 0 Å². The van der Waals surface area contributed by atoms with Gasteiger partial charge < -0.3 is 10.6 Å². The van der Waals surface area contributed by atoms with Gasteiger partial charge in [0.1, 0.15) is 5.82 Å². The summed E-state index contributed by atoms with van der Waals surface area (Å²) in [5.74, 6) is 0.849. The lowest BCUT2D eigenvalue weighted by atomic mass is 10.2. The van der Waals surface area contributed by atoms with Gasteiger partial charge in [0.05, 0.1) is 22.0 Å². The van der Waals surface area contributed by atoms with E-state index in [0.29, 0.717) is 34.9 Å². The van der Waals surface area contributed by atoms with Crippen LogP contribution in [0.5, 0.6) is 0 Å². The number of anilines is 2. The Kier molecular flexibility index (Phi) is 7.24. The molecule has 2 heterocycles. The first-order chi connectivity index (χ1) is 15.4. The second-order valence-corrected chi connectivity index (χ2v) is 9.37. The van der Waals surface area contributed by atoms with Crippen molar-refractivity contribution in [3.63, 3.8) is 0 Å². The maximum absolute atomic E-state index is 13.1. The van der Waals surface area contributed by atoms with E-state index in [4.69, 9.17) is 23.8 Å². The van der Waals surface area contributed by atoms with Crippen molar-refractivity contribution in [2.24, 2.45) is 0 Å². The largest absolute Gasteiger partial charge is 0.315 e. The molecule has 2 aromatic heterocycles. The zero-order chi connectivity index (χ0) is 22.7. The smallest absolute Gasteiger partial charge is 0.177 e. The van der Waals surface area contributed by atoms with Gasteiger partial charge in [0.15, 0.2) is 16.7 Å². The minimum Gasteiger partial charge on any atom is -0.315 e. The monoisotopic (exact) mass is 596 g/mol. The van der Waals surface area contributed by atoms with Crippen LogP contribution in [0.1, 0.15) is 11.1 Å². The highest BCUT2D eigenvalue weighted by Gasteiger charge is 2.13. The third-order valence-corrected chi connectivity index (χ3v) is 6.18. The molecule has 0 bridgehead atoms. The molecule has 0 aliphatic heterocycles. The van der Waals surface area contributed by atoms with Gasteiger partial charge in [-0.05, 0) is 73.4 Å². The minimum absolute atomic E-state index is 0.269. The van der Waals surface area contributed by atoms with Crippen LogP contribution in [0.25, 0.3) is 0 Å². The molecule has 0 radical (unpaired) electrons. The summed E-state index contributed by atoms with van der Waals surface area (Å²) in [5, 5.41) is 16.2. The van der Waals surface area contributed by atoms with Gasteiger partial charge in [0, 0.05) is 17.4 Å². The first kappa shape index (κ1) is 22.9. The van der Waals surface area contributed by atoms with Crippen molar-refractivity contribution in [3.05, 3.63) is 91.8 Å². The molecule has 4 rings (SSSR count). The highest BCUT2D eigenvalue weighted by Crippen LogP contribution is 2.24. The third kappa shape index (κ3) is 5.74. The van der Waals surface area contributed by atoms with Gasteiger partial charge in [0.2, 0.25) is 0 Å². The molecule has 4 aromatic rings. The molecule has 2 N–H and O–H groups in total. The number of benzene rings is 2. The van der Waals surface area contributed by atoms with Gasteiger partial charge in [0.25, 0.3) is 0 Å². The van der Waals surface area contributed by atoms with Gasteiger partial charge in [-0.1, -0.05) is 41.9 Å². The van der Waals surface area contributed by atoms with Crippen LogP contribution in [0.15, 0.2) is 69.9 Å². The van der Waals surface area contributed by atoms with E-state index in [1.54, 1.807) is 21.5 Å². The predicted octanol–water partition coefficient (Wildman–Crippen LogP) is 6.30. The number of thiocarbonyl (C=S) groups is 1. The summed E-state index contributed by atoms with van der Waals surface area (Å²) < 4.78 is 18.1. The summed E-state index contributed by atoms with van der Waals surface area (Å²) in [5.41, 5.74) is 1.90. The number of nitrogens with zero attached hydrogens (tertiary/aromatic N) is 4. The number of hydrogen-bond donors (Lipinski definition) is 2. The Morgan fingerprint density at radius 3 is 2.06 bits per heavy atom. The fraction of sp³-hybridized carbons (Fsp3) is 0.0952. The zero-order valence-electron chi connectivity index (χ0n) is 16.4. The molecule has 0 amide bonds. The van der Waals surface area contributed by atoms with Crippen LogP contribution in [-0.2, 0) is 13.1 Å². The van der Waals surface area contributed by atoms with E-state index in [1.807, 2.05) is 36.7 Å². The number of nitrogens with one attached hydrogen (secondary N) is 2. The second-order valence-electron chi connectivity index (χ2n) is 6.84. The topological polar surface area (TPSA) is 59.7 Å². The summed E-state index contributed by atoms with van der Waals surface area (Å²) in [6.45, 7) is 1.03. The van der Waals surface area contributed by atoms with E-state index in [0.717, 1.165) is 20.1 Å². The van der Waals surface area contributed by atoms with E-state index in [-0.39, 0.29) is 5.82 Å². The highest BCUT2D eigenvalue weighted by atomic mass is 79.9. The second kappa shape index (κ2) is 10.1. The number of halogens is 4. The van der Waals surface area contributed by atoms with E-state index < -0.39 is 0 Å². The average molecular weight is 599 g/mol. The van der Waals surface area contributed by atoms with Gasteiger partial charge in [-0.25, -0.2) is 4.39 Å². The molecule has 0 unspecified atom stereocenters. The Morgan fingerprint density at radius 2 is 1.47 bits per heavy atom. The molecule has 164 valence electrons. The van der Waals surface area contributed by atoms with E-state index in [9.17, 15) is 4.39 Å². The van der Waals surface area contributed by atoms with Crippen molar-refractivity contribution in [2.75, 3.05) is 10.6 Å². The predicted molar refractivity (Wildman–Crippen MR) is 136 cm³/mol. The molecule has 2 aromatic carbocycles. The van der Waals surface area contributed by atoms with Crippen LogP contribution in [0.4, 0.5) is 16.0 Å². The molecule has 11 heteroatoms. The van der Waals surface area contributed by atoms with Gasteiger partial charge in [-0.3, -0.25) is 9.36 Å². The SMILES string of the molecule is Fc1ccc(Cn2cc(Br)c(NC(=S)Nc3nn(Cc4ccccc4Cl)cc3Br)n2)cc1. The highest BCUT2D eigenvalue weighted by molar-refractivity contribution is 9.11. The summed E-state index contributed by atoms with van der Waals surface area (Å²) in [6, 6.07) is 13.9. The summed E-state index contributed by atoms with van der Waals surface area (Å²) >= 11 is 18.7. The van der Waals surface area contributed by atoms with Crippen LogP contribution in [0.3, 0.4) is 0 Å². The van der Waals surface area contributed by atoms with Crippen molar-refractivity contribution in [2.45, 2.75) is 13.1 Å². The Hall–Kier alpha value is -2.27. The summed E-state index contributed by atoms with van der Waals surface area (Å²) in [7, 11) is 0. The fourth-order valence-electron chi connectivity index (χ4n) is 2.95. The molecule has 0 saturated heterocycles. The average Bonchev–Trinajstić information content (AvgIpc) is 3.26.